The largest absolute Gasteiger partial charge is 0.426 e. The molecule has 2 aromatic rings. The molecule has 0 radical (unpaired) electrons. The summed E-state index contributed by atoms with van der Waals surface area (Å²) in [4.78, 5) is 25.1. The topological polar surface area (TPSA) is 55.4 Å². The predicted molar refractivity (Wildman–Crippen MR) is 128 cm³/mol. The summed E-state index contributed by atoms with van der Waals surface area (Å²) in [6.45, 7) is 0. The second-order valence-corrected chi connectivity index (χ2v) is 11.2. The quantitative estimate of drug-likeness (QED) is 0.114. The maximum absolute atomic E-state index is 13.1. The van der Waals surface area contributed by atoms with Crippen LogP contribution in [0.2, 0.25) is 5.02 Å². The summed E-state index contributed by atoms with van der Waals surface area (Å²) in [5.74, 6) is -0.828. The third-order valence-corrected chi connectivity index (χ3v) is 8.38. The number of hydrogen-bond acceptors (Lipinski definition) is 5. The van der Waals surface area contributed by atoms with Gasteiger partial charge in [0, 0.05) is 28.1 Å². The lowest BCUT2D eigenvalue weighted by molar-refractivity contribution is -0.143. The number of alkyl halides is 6. The first-order valence-electron chi connectivity index (χ1n) is 10.7. The van der Waals surface area contributed by atoms with Crippen LogP contribution >= 0.6 is 33.2 Å². The summed E-state index contributed by atoms with van der Waals surface area (Å²) in [5, 5.41) is 2.62. The van der Waals surface area contributed by atoms with Crippen LogP contribution in [0, 0.1) is 0 Å². The molecule has 1 amide bonds. The number of carbonyl (C=O) groups excluding carboxylic acids is 2. The van der Waals surface area contributed by atoms with E-state index in [1.807, 2.05) is 26.9 Å². The van der Waals surface area contributed by atoms with E-state index in [1.54, 1.807) is 0 Å². The Labute approximate surface area is 215 Å². The van der Waals surface area contributed by atoms with E-state index in [0.717, 1.165) is 31.1 Å². The van der Waals surface area contributed by atoms with Crippen molar-refractivity contribution >= 4 is 50.8 Å². The molecular formula is C23H20ClF6NO3S2. The Hall–Kier alpha value is -2.05. The van der Waals surface area contributed by atoms with Crippen LogP contribution in [0.15, 0.2) is 36.4 Å². The molecule has 1 N–H and O–H groups in total. The van der Waals surface area contributed by atoms with Gasteiger partial charge in [-0.05, 0) is 55.7 Å². The van der Waals surface area contributed by atoms with Gasteiger partial charge in [-0.25, -0.2) is 0 Å². The number of carbonyl (C=O) groups is 2. The minimum atomic E-state index is -5.08. The van der Waals surface area contributed by atoms with Crippen molar-refractivity contribution in [3.8, 4) is 5.75 Å². The average molecular weight is 572 g/mol. The van der Waals surface area contributed by atoms with E-state index in [4.69, 9.17) is 16.3 Å². The second-order valence-electron chi connectivity index (χ2n) is 7.94. The van der Waals surface area contributed by atoms with Crippen molar-refractivity contribution in [1.29, 1.82) is 0 Å². The van der Waals surface area contributed by atoms with Gasteiger partial charge in [0.15, 0.2) is 0 Å². The number of ether oxygens (including phenoxy) is 1. The Morgan fingerprint density at radius 1 is 1.00 bits per heavy atom. The van der Waals surface area contributed by atoms with Gasteiger partial charge in [-0.2, -0.15) is 26.3 Å². The van der Waals surface area contributed by atoms with Crippen LogP contribution in [0.4, 0.5) is 32.0 Å². The molecule has 13 heteroatoms. The Morgan fingerprint density at radius 3 is 2.25 bits per heavy atom. The molecule has 0 unspecified atom stereocenters. The Morgan fingerprint density at radius 2 is 1.67 bits per heavy atom. The summed E-state index contributed by atoms with van der Waals surface area (Å²) in [6, 6.07) is 4.38. The van der Waals surface area contributed by atoms with E-state index in [-0.39, 0.29) is 28.8 Å². The highest BCUT2D eigenvalue weighted by Crippen LogP contribution is 2.40. The first-order valence-corrected chi connectivity index (χ1v) is 13.5. The Kier molecular flexibility index (Phi) is 9.50. The van der Waals surface area contributed by atoms with Crippen LogP contribution < -0.4 is 10.1 Å². The minimum absolute atomic E-state index is 0.0481. The van der Waals surface area contributed by atoms with Gasteiger partial charge in [0.2, 0.25) is 0 Å². The van der Waals surface area contributed by atoms with Crippen molar-refractivity contribution in [2.24, 2.45) is 0 Å². The SMILES string of the molecule is O=C(CCCC[C@@H]1CCSS1)Oc1ccc(Cl)cc1C(=O)Nc1cc(C(F)(F)F)cc(C(F)(F)F)c1. The summed E-state index contributed by atoms with van der Waals surface area (Å²) >= 11 is 5.91. The first-order chi connectivity index (χ1) is 16.8. The zero-order chi connectivity index (χ0) is 26.5. The van der Waals surface area contributed by atoms with Crippen molar-refractivity contribution in [2.75, 3.05) is 11.1 Å². The molecule has 1 heterocycles. The fourth-order valence-corrected chi connectivity index (χ4v) is 6.57. The van der Waals surface area contributed by atoms with Crippen LogP contribution in [0.25, 0.3) is 0 Å². The number of benzene rings is 2. The lowest BCUT2D eigenvalue weighted by Crippen LogP contribution is -2.18. The predicted octanol–water partition coefficient (Wildman–Crippen LogP) is 8.25. The van der Waals surface area contributed by atoms with E-state index in [2.05, 4.69) is 0 Å². The number of unbranched alkanes of at least 4 members (excludes halogenated alkanes) is 1. The van der Waals surface area contributed by atoms with E-state index < -0.39 is 41.0 Å². The molecule has 0 aromatic heterocycles. The number of nitrogens with one attached hydrogen (secondary N) is 1. The van der Waals surface area contributed by atoms with E-state index >= 15 is 0 Å². The normalized spacial score (nSPS) is 16.1. The van der Waals surface area contributed by atoms with Gasteiger partial charge in [0.1, 0.15) is 5.75 Å². The van der Waals surface area contributed by atoms with Crippen molar-refractivity contribution in [3.05, 3.63) is 58.1 Å². The maximum Gasteiger partial charge on any atom is 0.416 e. The molecule has 1 atom stereocenters. The lowest BCUT2D eigenvalue weighted by Gasteiger charge is -2.15. The van der Waals surface area contributed by atoms with Crippen molar-refractivity contribution in [3.63, 3.8) is 0 Å². The highest BCUT2D eigenvalue weighted by molar-refractivity contribution is 8.77. The van der Waals surface area contributed by atoms with Crippen LogP contribution in [0.3, 0.4) is 0 Å². The van der Waals surface area contributed by atoms with Crippen molar-refractivity contribution < 1.29 is 40.7 Å². The molecular weight excluding hydrogens is 552 g/mol. The third kappa shape index (κ3) is 8.24. The molecule has 0 bridgehead atoms. The van der Waals surface area contributed by atoms with Crippen LogP contribution in [0.1, 0.15) is 53.6 Å². The first kappa shape index (κ1) is 28.5. The molecule has 1 fully saturated rings. The fraction of sp³-hybridized carbons (Fsp3) is 0.391. The molecule has 0 aliphatic carbocycles. The summed E-state index contributed by atoms with van der Waals surface area (Å²) in [7, 11) is 3.66. The van der Waals surface area contributed by atoms with E-state index in [1.165, 1.54) is 12.1 Å². The molecule has 1 saturated heterocycles. The van der Waals surface area contributed by atoms with Crippen LogP contribution in [-0.4, -0.2) is 22.9 Å². The van der Waals surface area contributed by atoms with Crippen molar-refractivity contribution in [2.45, 2.75) is 49.7 Å². The monoisotopic (exact) mass is 571 g/mol. The van der Waals surface area contributed by atoms with Gasteiger partial charge >= 0.3 is 18.3 Å². The fourth-order valence-electron chi connectivity index (χ4n) is 3.37. The van der Waals surface area contributed by atoms with E-state index in [0.29, 0.717) is 23.8 Å². The molecule has 36 heavy (non-hydrogen) atoms. The zero-order valence-corrected chi connectivity index (χ0v) is 20.9. The second kappa shape index (κ2) is 12.0. The molecule has 1 aliphatic heterocycles. The summed E-state index contributed by atoms with van der Waals surface area (Å²) in [6.07, 6.45) is -6.59. The number of rotatable bonds is 8. The molecule has 4 nitrogen and oxygen atoms in total. The number of amides is 1. The average Bonchev–Trinajstić information content (AvgIpc) is 3.30. The van der Waals surface area contributed by atoms with Gasteiger partial charge in [0.25, 0.3) is 5.91 Å². The maximum atomic E-state index is 13.1. The van der Waals surface area contributed by atoms with Crippen LogP contribution in [-0.2, 0) is 17.1 Å². The number of anilines is 1. The molecule has 0 saturated carbocycles. The molecule has 2 aromatic carbocycles. The highest BCUT2D eigenvalue weighted by Gasteiger charge is 2.37. The van der Waals surface area contributed by atoms with E-state index in [9.17, 15) is 35.9 Å². The number of esters is 1. The number of hydrogen-bond donors (Lipinski definition) is 1. The Balaban J connectivity index is 1.72. The van der Waals surface area contributed by atoms with Gasteiger partial charge in [-0.3, -0.25) is 9.59 Å². The third-order valence-electron chi connectivity index (χ3n) is 5.14. The molecule has 1 aliphatic rings. The highest BCUT2D eigenvalue weighted by atomic mass is 35.5. The van der Waals surface area contributed by atoms with Gasteiger partial charge in [0.05, 0.1) is 16.7 Å². The molecule has 196 valence electrons. The minimum Gasteiger partial charge on any atom is -0.426 e. The standard InChI is InChI=1S/C23H20ClF6NO3S2/c24-15-5-6-19(34-20(32)4-2-1-3-17-7-8-35-36-17)18(12-15)21(33)31-16-10-13(22(25,26)27)9-14(11-16)23(28,29)30/h5-6,9-12,17H,1-4,7-8H2,(H,31,33)/t17-/m1/s1. The molecule has 0 spiro atoms. The zero-order valence-electron chi connectivity index (χ0n) is 18.5. The Bertz CT molecular complexity index is 1070. The van der Waals surface area contributed by atoms with Crippen LogP contribution in [0.5, 0.6) is 5.75 Å². The summed E-state index contributed by atoms with van der Waals surface area (Å²) in [5.41, 5.74) is -4.22. The molecule has 3 rings (SSSR count). The number of halogens is 7. The van der Waals surface area contributed by atoms with Gasteiger partial charge in [-0.1, -0.05) is 39.6 Å². The van der Waals surface area contributed by atoms with Crippen molar-refractivity contribution in [1.82, 2.24) is 0 Å². The smallest absolute Gasteiger partial charge is 0.416 e. The van der Waals surface area contributed by atoms with Gasteiger partial charge in [-0.15, -0.1) is 0 Å². The summed E-state index contributed by atoms with van der Waals surface area (Å²) < 4.78 is 83.9. The van der Waals surface area contributed by atoms with Gasteiger partial charge < -0.3 is 10.1 Å². The lowest BCUT2D eigenvalue weighted by atomic mass is 10.1.